The maximum absolute atomic E-state index is 12.3. The van der Waals surface area contributed by atoms with E-state index in [1.54, 1.807) is 25.3 Å². The number of benzene rings is 1. The van der Waals surface area contributed by atoms with Crippen LogP contribution >= 0.6 is 0 Å². The molecule has 4 rings (SSSR count). The molecule has 1 N–H and O–H groups in total. The molecular formula is C18H19N3O2. The van der Waals surface area contributed by atoms with Crippen molar-refractivity contribution in [1.82, 2.24) is 14.4 Å². The van der Waals surface area contributed by atoms with Gasteiger partial charge in [-0.2, -0.15) is 0 Å². The second kappa shape index (κ2) is 5.33. The van der Waals surface area contributed by atoms with Crippen molar-refractivity contribution in [2.24, 2.45) is 0 Å². The zero-order valence-corrected chi connectivity index (χ0v) is 13.1. The summed E-state index contributed by atoms with van der Waals surface area (Å²) >= 11 is 0. The average molecular weight is 309 g/mol. The van der Waals surface area contributed by atoms with E-state index in [1.165, 1.54) is 19.3 Å². The fourth-order valence-corrected chi connectivity index (χ4v) is 3.66. The van der Waals surface area contributed by atoms with E-state index in [-0.39, 0.29) is 11.3 Å². The van der Waals surface area contributed by atoms with E-state index in [2.05, 4.69) is 9.97 Å². The van der Waals surface area contributed by atoms with Gasteiger partial charge in [0.15, 0.2) is 5.78 Å². The van der Waals surface area contributed by atoms with Crippen molar-refractivity contribution in [3.63, 3.8) is 0 Å². The lowest BCUT2D eigenvalue weighted by atomic mass is 9.88. The lowest BCUT2D eigenvalue weighted by Gasteiger charge is -2.21. The number of aromatic nitrogens is 3. The highest BCUT2D eigenvalue weighted by atomic mass is 16.1. The molecule has 0 spiro atoms. The molecule has 0 saturated heterocycles. The monoisotopic (exact) mass is 309 g/mol. The molecule has 5 nitrogen and oxygen atoms in total. The number of hydrogen-bond acceptors (Lipinski definition) is 3. The van der Waals surface area contributed by atoms with Gasteiger partial charge in [0.2, 0.25) is 0 Å². The highest BCUT2D eigenvalue weighted by Crippen LogP contribution is 2.32. The number of Topliss-reactive ketones (excluding diaryl/α,β-unsaturated/α-hetero) is 1. The number of carbonyl (C=O) groups excluding carboxylic acids is 1. The summed E-state index contributed by atoms with van der Waals surface area (Å²) < 4.78 is 1.95. The zero-order valence-electron chi connectivity index (χ0n) is 13.1. The van der Waals surface area contributed by atoms with Gasteiger partial charge in [-0.15, -0.1) is 0 Å². The van der Waals surface area contributed by atoms with Crippen molar-refractivity contribution in [3.05, 3.63) is 46.1 Å². The number of fused-ring (bicyclic) bond motifs is 3. The normalized spacial score (nSPS) is 16.2. The topological polar surface area (TPSA) is 67.2 Å². The van der Waals surface area contributed by atoms with E-state index >= 15 is 0 Å². The molecule has 1 fully saturated rings. The summed E-state index contributed by atoms with van der Waals surface area (Å²) in [5, 5.41) is 0. The van der Waals surface area contributed by atoms with Crippen molar-refractivity contribution in [2.45, 2.75) is 44.9 Å². The molecule has 0 radical (unpaired) electrons. The fourth-order valence-electron chi connectivity index (χ4n) is 3.66. The van der Waals surface area contributed by atoms with Crippen LogP contribution in [0.4, 0.5) is 0 Å². The van der Waals surface area contributed by atoms with Crippen LogP contribution in [0.5, 0.6) is 0 Å². The van der Waals surface area contributed by atoms with Crippen LogP contribution in [0.2, 0.25) is 0 Å². The fraction of sp³-hybridized carbons (Fsp3) is 0.389. The number of ketones is 1. The maximum Gasteiger partial charge on any atom is 0.274 e. The highest BCUT2D eigenvalue weighted by Gasteiger charge is 2.22. The zero-order chi connectivity index (χ0) is 16.0. The van der Waals surface area contributed by atoms with Gasteiger partial charge in [-0.3, -0.25) is 14.0 Å². The first kappa shape index (κ1) is 14.2. The van der Waals surface area contributed by atoms with Crippen LogP contribution in [0.15, 0.2) is 29.2 Å². The van der Waals surface area contributed by atoms with Gasteiger partial charge in [0.25, 0.3) is 5.56 Å². The molecule has 1 aliphatic carbocycles. The third-order valence-electron chi connectivity index (χ3n) is 4.89. The molecule has 1 saturated carbocycles. The molecule has 0 aliphatic heterocycles. The summed E-state index contributed by atoms with van der Waals surface area (Å²) in [6, 6.07) is 5.41. The van der Waals surface area contributed by atoms with Crippen molar-refractivity contribution in [2.75, 3.05) is 0 Å². The predicted molar refractivity (Wildman–Crippen MR) is 89.1 cm³/mol. The molecule has 23 heavy (non-hydrogen) atoms. The lowest BCUT2D eigenvalue weighted by molar-refractivity contribution is 0.101. The molecule has 2 aromatic heterocycles. The molecule has 0 amide bonds. The highest BCUT2D eigenvalue weighted by molar-refractivity contribution is 5.97. The van der Waals surface area contributed by atoms with Crippen LogP contribution in [0.1, 0.15) is 61.1 Å². The van der Waals surface area contributed by atoms with Gasteiger partial charge in [-0.25, -0.2) is 4.98 Å². The SMILES string of the molecule is CC(=O)c1ccc2[nH]c(=O)c3cnc(C4CCCCC4)n3c2c1. The summed E-state index contributed by atoms with van der Waals surface area (Å²) in [7, 11) is 0. The molecule has 1 aromatic carbocycles. The first-order chi connectivity index (χ1) is 11.1. The molecule has 5 heteroatoms. The summed E-state index contributed by atoms with van der Waals surface area (Å²) in [6.45, 7) is 1.56. The average Bonchev–Trinajstić information content (AvgIpc) is 3.01. The van der Waals surface area contributed by atoms with Crippen molar-refractivity contribution in [3.8, 4) is 0 Å². The van der Waals surface area contributed by atoms with Crippen molar-refractivity contribution < 1.29 is 4.79 Å². The van der Waals surface area contributed by atoms with E-state index in [9.17, 15) is 9.59 Å². The molecule has 3 aromatic rings. The first-order valence-electron chi connectivity index (χ1n) is 8.19. The Hall–Kier alpha value is -2.43. The van der Waals surface area contributed by atoms with Gasteiger partial charge >= 0.3 is 0 Å². The van der Waals surface area contributed by atoms with Gasteiger partial charge in [-0.1, -0.05) is 19.3 Å². The summed E-state index contributed by atoms with van der Waals surface area (Å²) in [5.74, 6) is 1.36. The van der Waals surface area contributed by atoms with Gasteiger partial charge < -0.3 is 4.98 Å². The Kier molecular flexibility index (Phi) is 3.29. The van der Waals surface area contributed by atoms with Crippen LogP contribution < -0.4 is 5.56 Å². The quantitative estimate of drug-likeness (QED) is 0.737. The van der Waals surface area contributed by atoms with E-state index in [0.29, 0.717) is 17.0 Å². The molecule has 0 atom stereocenters. The maximum atomic E-state index is 12.3. The molecule has 118 valence electrons. The Morgan fingerprint density at radius 2 is 2.00 bits per heavy atom. The second-order valence-corrected chi connectivity index (χ2v) is 6.41. The molecule has 0 bridgehead atoms. The number of H-pyrrole nitrogens is 1. The van der Waals surface area contributed by atoms with Gasteiger partial charge in [0.1, 0.15) is 11.3 Å². The van der Waals surface area contributed by atoms with E-state index in [1.807, 2.05) is 10.5 Å². The number of rotatable bonds is 2. The van der Waals surface area contributed by atoms with Crippen molar-refractivity contribution in [1.29, 1.82) is 0 Å². The Morgan fingerprint density at radius 3 is 2.74 bits per heavy atom. The number of imidazole rings is 1. The number of nitrogens with zero attached hydrogens (tertiary/aromatic N) is 2. The number of hydrogen-bond donors (Lipinski definition) is 1. The summed E-state index contributed by atoms with van der Waals surface area (Å²) in [4.78, 5) is 31.5. The molecule has 2 heterocycles. The molecule has 0 unspecified atom stereocenters. The number of aromatic amines is 1. The number of carbonyl (C=O) groups is 1. The van der Waals surface area contributed by atoms with Gasteiger partial charge in [0.05, 0.1) is 17.2 Å². The van der Waals surface area contributed by atoms with Crippen LogP contribution in [-0.2, 0) is 0 Å². The third-order valence-corrected chi connectivity index (χ3v) is 4.89. The van der Waals surface area contributed by atoms with E-state index in [4.69, 9.17) is 0 Å². The van der Waals surface area contributed by atoms with Crippen LogP contribution in [0, 0.1) is 0 Å². The van der Waals surface area contributed by atoms with E-state index in [0.717, 1.165) is 29.7 Å². The number of nitrogens with one attached hydrogen (secondary N) is 1. The summed E-state index contributed by atoms with van der Waals surface area (Å²) in [5.41, 5.74) is 2.66. The largest absolute Gasteiger partial charge is 0.319 e. The molecule has 1 aliphatic rings. The van der Waals surface area contributed by atoms with Gasteiger partial charge in [-0.05, 0) is 38.0 Å². The minimum atomic E-state index is -0.136. The minimum absolute atomic E-state index is 0.0191. The third kappa shape index (κ3) is 2.27. The second-order valence-electron chi connectivity index (χ2n) is 6.41. The van der Waals surface area contributed by atoms with E-state index < -0.39 is 0 Å². The Morgan fingerprint density at radius 1 is 1.22 bits per heavy atom. The standard InChI is InChI=1S/C18H19N3O2/c1-11(22)13-7-8-14-15(9-13)21-16(18(23)20-14)10-19-17(21)12-5-3-2-4-6-12/h7-10,12H,2-6H2,1H3,(H,20,23). The van der Waals surface area contributed by atoms with Crippen molar-refractivity contribution >= 4 is 22.3 Å². The predicted octanol–water partition coefficient (Wildman–Crippen LogP) is 3.43. The Balaban J connectivity index is 2.04. The minimum Gasteiger partial charge on any atom is -0.319 e. The van der Waals surface area contributed by atoms with Gasteiger partial charge in [0, 0.05) is 11.5 Å². The Bertz CT molecular complexity index is 961. The van der Waals surface area contributed by atoms with Crippen LogP contribution in [0.3, 0.4) is 0 Å². The van der Waals surface area contributed by atoms with Crippen LogP contribution in [0.25, 0.3) is 16.6 Å². The summed E-state index contributed by atoms with van der Waals surface area (Å²) in [6.07, 6.45) is 7.57. The first-order valence-corrected chi connectivity index (χ1v) is 8.19. The molecular weight excluding hydrogens is 290 g/mol. The smallest absolute Gasteiger partial charge is 0.274 e. The van der Waals surface area contributed by atoms with Crippen LogP contribution in [-0.4, -0.2) is 20.2 Å². The Labute approximate surface area is 133 Å². The lowest BCUT2D eigenvalue weighted by Crippen LogP contribution is -2.14.